The minimum atomic E-state index is -2.66. The molecule has 0 saturated heterocycles. The van der Waals surface area contributed by atoms with Gasteiger partial charge in [-0.1, -0.05) is 0 Å². The van der Waals surface area contributed by atoms with E-state index < -0.39 is 58.0 Å². The summed E-state index contributed by atoms with van der Waals surface area (Å²) in [6, 6.07) is 0.599. The summed E-state index contributed by atoms with van der Waals surface area (Å²) in [7, 11) is 6.71. The van der Waals surface area contributed by atoms with E-state index in [4.69, 9.17) is 11.5 Å². The number of nitrogens with two attached hydrogens (primary N) is 2. The molecule has 8 N–H and O–H groups in total. The van der Waals surface area contributed by atoms with Crippen molar-refractivity contribution in [2.75, 3.05) is 33.1 Å². The molecule has 188 valence electrons. The van der Waals surface area contributed by atoms with Crippen LogP contribution in [0.25, 0.3) is 5.76 Å². The molecule has 35 heavy (non-hydrogen) atoms. The number of anilines is 1. The predicted octanol–water partition coefficient (Wildman–Crippen LogP) is -0.511. The molecule has 0 aliphatic heterocycles. The van der Waals surface area contributed by atoms with Crippen LogP contribution < -0.4 is 16.4 Å². The Morgan fingerprint density at radius 2 is 1.80 bits per heavy atom. The van der Waals surface area contributed by atoms with E-state index >= 15 is 0 Å². The number of aromatic hydroxyl groups is 1. The topological polar surface area (TPSA) is 191 Å². The Morgan fingerprint density at radius 3 is 2.31 bits per heavy atom. The molecule has 0 heterocycles. The summed E-state index contributed by atoms with van der Waals surface area (Å²) in [6.45, 7) is -0.0237. The number of likely N-dealkylation sites (N-methyl/N-ethyl adjacent to an activating group) is 1. The second kappa shape index (κ2) is 8.08. The van der Waals surface area contributed by atoms with Gasteiger partial charge in [0.1, 0.15) is 22.8 Å². The number of nitrogens with zero attached hydrogens (tertiary/aromatic N) is 2. The number of aliphatic hydroxyl groups is 3. The van der Waals surface area contributed by atoms with Gasteiger partial charge in [0.05, 0.1) is 11.6 Å². The van der Waals surface area contributed by atoms with Crippen LogP contribution in [-0.2, 0) is 27.3 Å². The molecular formula is C24H30N4O7. The van der Waals surface area contributed by atoms with E-state index in [0.717, 1.165) is 0 Å². The fourth-order valence-electron chi connectivity index (χ4n) is 5.90. The van der Waals surface area contributed by atoms with Crippen LogP contribution in [0, 0.1) is 11.8 Å². The minimum Gasteiger partial charge on any atom is -0.508 e. The van der Waals surface area contributed by atoms with Gasteiger partial charge in [0.2, 0.25) is 5.78 Å². The Labute approximate surface area is 201 Å². The second-order valence-electron chi connectivity index (χ2n) is 9.82. The molecule has 4 rings (SSSR count). The number of aliphatic hydroxyl groups excluding tert-OH is 2. The molecule has 3 aliphatic carbocycles. The number of phenols is 1. The summed E-state index contributed by atoms with van der Waals surface area (Å²) in [6.07, 6.45) is 0.262. The van der Waals surface area contributed by atoms with Gasteiger partial charge in [-0.3, -0.25) is 19.3 Å². The molecule has 0 radical (unpaired) electrons. The molecule has 11 heteroatoms. The number of carbonyl (C=O) groups is 3. The van der Waals surface area contributed by atoms with E-state index in [9.17, 15) is 34.8 Å². The van der Waals surface area contributed by atoms with Crippen molar-refractivity contribution in [1.29, 1.82) is 0 Å². The molecule has 4 atom stereocenters. The van der Waals surface area contributed by atoms with Gasteiger partial charge in [0.15, 0.2) is 11.4 Å². The smallest absolute Gasteiger partial charge is 0.255 e. The van der Waals surface area contributed by atoms with Crippen molar-refractivity contribution >= 4 is 28.9 Å². The standard InChI is InChI=1S/C24H30N4O7/c1-27(2)13-7-10(8-25)18(29)15-11(13)5-9-6-12-17(28(3)4)20(31)16(23(26)34)22(33)24(12,35)21(32)14(9)19(15)30/h7,9,12,17,29-30,33,35H,5-6,8,25H2,1-4H3,(H2,26,34)/t9-,12-,17-,24-/m1/s1. The highest BCUT2D eigenvalue weighted by atomic mass is 16.3. The van der Waals surface area contributed by atoms with Crippen LogP contribution >= 0.6 is 0 Å². The highest BCUT2D eigenvalue weighted by Crippen LogP contribution is 2.54. The minimum absolute atomic E-state index is 0.0237. The zero-order chi connectivity index (χ0) is 26.1. The van der Waals surface area contributed by atoms with Gasteiger partial charge in [0.25, 0.3) is 5.91 Å². The normalized spacial score (nSPS) is 28.1. The Kier molecular flexibility index (Phi) is 5.70. The van der Waals surface area contributed by atoms with Crippen molar-refractivity contribution in [3.63, 3.8) is 0 Å². The predicted molar refractivity (Wildman–Crippen MR) is 126 cm³/mol. The number of amides is 1. The molecular weight excluding hydrogens is 456 g/mol. The summed E-state index contributed by atoms with van der Waals surface area (Å²) >= 11 is 0. The highest BCUT2D eigenvalue weighted by molar-refractivity contribution is 6.24. The molecule has 11 nitrogen and oxygen atoms in total. The van der Waals surface area contributed by atoms with Gasteiger partial charge in [-0.2, -0.15) is 0 Å². The zero-order valence-electron chi connectivity index (χ0n) is 20.0. The molecule has 1 aromatic carbocycles. The van der Waals surface area contributed by atoms with Gasteiger partial charge in [0, 0.05) is 43.4 Å². The number of phenolic OH excluding ortho intramolecular Hbond substituents is 1. The summed E-state index contributed by atoms with van der Waals surface area (Å²) < 4.78 is 0. The summed E-state index contributed by atoms with van der Waals surface area (Å²) in [4.78, 5) is 42.2. The Morgan fingerprint density at radius 1 is 1.17 bits per heavy atom. The van der Waals surface area contributed by atoms with E-state index in [2.05, 4.69) is 0 Å². The van der Waals surface area contributed by atoms with Crippen molar-refractivity contribution in [3.8, 4) is 5.75 Å². The number of ketones is 2. The van der Waals surface area contributed by atoms with Crippen molar-refractivity contribution in [1.82, 2.24) is 4.90 Å². The number of benzene rings is 1. The second-order valence-corrected chi connectivity index (χ2v) is 9.82. The average molecular weight is 487 g/mol. The fourth-order valence-corrected chi connectivity index (χ4v) is 5.90. The van der Waals surface area contributed by atoms with E-state index in [1.54, 1.807) is 39.2 Å². The van der Waals surface area contributed by atoms with Gasteiger partial charge in [-0.25, -0.2) is 0 Å². The average Bonchev–Trinajstić information content (AvgIpc) is 2.75. The molecule has 3 aliphatic rings. The number of carbonyl (C=O) groups excluding carboxylic acids is 3. The van der Waals surface area contributed by atoms with Gasteiger partial charge in [-0.15, -0.1) is 0 Å². The van der Waals surface area contributed by atoms with Crippen LogP contribution in [0.2, 0.25) is 0 Å². The summed E-state index contributed by atoms with van der Waals surface area (Å²) in [5, 5.41) is 44.6. The Bertz CT molecular complexity index is 1230. The van der Waals surface area contributed by atoms with Gasteiger partial charge < -0.3 is 36.8 Å². The highest BCUT2D eigenvalue weighted by Gasteiger charge is 2.64. The van der Waals surface area contributed by atoms with Crippen LogP contribution in [0.5, 0.6) is 5.75 Å². The van der Waals surface area contributed by atoms with Crippen LogP contribution in [0.4, 0.5) is 5.69 Å². The third-order valence-electron chi connectivity index (χ3n) is 7.48. The Balaban J connectivity index is 2.01. The van der Waals surface area contributed by atoms with E-state index in [1.165, 1.54) is 4.90 Å². The lowest BCUT2D eigenvalue weighted by Crippen LogP contribution is -2.65. The lowest BCUT2D eigenvalue weighted by molar-refractivity contribution is -0.153. The summed E-state index contributed by atoms with van der Waals surface area (Å²) in [5.41, 5.74) is 9.10. The van der Waals surface area contributed by atoms with Gasteiger partial charge >= 0.3 is 0 Å². The number of primary amides is 1. The quantitative estimate of drug-likeness (QED) is 0.302. The Hall–Kier alpha value is -3.41. The van der Waals surface area contributed by atoms with E-state index in [0.29, 0.717) is 16.8 Å². The molecule has 1 amide bonds. The monoisotopic (exact) mass is 486 g/mol. The molecule has 1 fully saturated rings. The first-order valence-electron chi connectivity index (χ1n) is 11.2. The molecule has 1 aromatic rings. The number of fused-ring (bicyclic) bond motifs is 3. The number of Topliss-reactive ketones (excluding diaryl/α,β-unsaturated/α-hetero) is 2. The third kappa shape index (κ3) is 3.19. The first kappa shape index (κ1) is 24.7. The van der Waals surface area contributed by atoms with Gasteiger partial charge in [-0.05, 0) is 44.5 Å². The third-order valence-corrected chi connectivity index (χ3v) is 7.48. The lowest BCUT2D eigenvalue weighted by Gasteiger charge is -2.50. The van der Waals surface area contributed by atoms with Crippen LogP contribution in [0.3, 0.4) is 0 Å². The maximum absolute atomic E-state index is 13.8. The first-order valence-corrected chi connectivity index (χ1v) is 11.2. The van der Waals surface area contributed by atoms with Crippen molar-refractivity contribution in [2.24, 2.45) is 23.3 Å². The van der Waals surface area contributed by atoms with E-state index in [1.807, 2.05) is 0 Å². The van der Waals surface area contributed by atoms with E-state index in [-0.39, 0.29) is 36.3 Å². The lowest BCUT2D eigenvalue weighted by atomic mass is 9.57. The van der Waals surface area contributed by atoms with Crippen LogP contribution in [-0.4, -0.2) is 82.6 Å². The fraction of sp³-hybridized carbons (Fsp3) is 0.458. The largest absolute Gasteiger partial charge is 0.508 e. The number of hydrogen-bond donors (Lipinski definition) is 6. The molecule has 0 spiro atoms. The van der Waals surface area contributed by atoms with Crippen LogP contribution in [0.15, 0.2) is 23.0 Å². The van der Waals surface area contributed by atoms with Crippen LogP contribution in [0.1, 0.15) is 23.1 Å². The first-order chi connectivity index (χ1) is 16.3. The zero-order valence-corrected chi connectivity index (χ0v) is 20.0. The van der Waals surface area contributed by atoms with Crippen molar-refractivity contribution in [2.45, 2.75) is 31.0 Å². The maximum atomic E-state index is 13.8. The molecule has 0 bridgehead atoms. The SMILES string of the molecule is CN(C)c1cc(CN)c(O)c2c1C[C@@H]1C[C@@H]3[C@@H](N(C)C)C(=O)C(C(N)=O)=C(O)[C@]3(O)C(=O)C1=C2O. The van der Waals surface area contributed by atoms with Crippen molar-refractivity contribution < 1.29 is 34.8 Å². The maximum Gasteiger partial charge on any atom is 0.255 e. The van der Waals surface area contributed by atoms with Crippen molar-refractivity contribution in [3.05, 3.63) is 39.7 Å². The molecule has 0 aromatic heterocycles. The number of hydrogen-bond acceptors (Lipinski definition) is 10. The number of rotatable bonds is 4. The molecule has 0 unspecified atom stereocenters. The molecule has 1 saturated carbocycles. The summed E-state index contributed by atoms with van der Waals surface area (Å²) in [5.74, 6) is -6.74.